The van der Waals surface area contributed by atoms with Gasteiger partial charge in [0.05, 0.1) is 6.10 Å². The van der Waals surface area contributed by atoms with Crippen LogP contribution in [0, 0.1) is 11.2 Å². The lowest BCUT2D eigenvalue weighted by Crippen LogP contribution is -2.32. The molecule has 2 aromatic rings. The van der Waals surface area contributed by atoms with Crippen molar-refractivity contribution in [2.45, 2.75) is 33.0 Å². The van der Waals surface area contributed by atoms with Gasteiger partial charge in [0.1, 0.15) is 11.9 Å². The van der Waals surface area contributed by atoms with Crippen LogP contribution in [0.5, 0.6) is 0 Å². The van der Waals surface area contributed by atoms with Crippen molar-refractivity contribution in [2.24, 2.45) is 5.41 Å². The predicted molar refractivity (Wildman–Crippen MR) is 66.6 cm³/mol. The molecule has 3 nitrogen and oxygen atoms in total. The molecule has 1 aromatic heterocycles. The van der Waals surface area contributed by atoms with Crippen molar-refractivity contribution in [3.8, 4) is 0 Å². The highest BCUT2D eigenvalue weighted by molar-refractivity contribution is 5.78. The molecule has 0 fully saturated rings. The molecule has 2 N–H and O–H groups in total. The Hall–Kier alpha value is -1.39. The summed E-state index contributed by atoms with van der Waals surface area (Å²) >= 11 is 0. The van der Waals surface area contributed by atoms with E-state index in [9.17, 15) is 14.6 Å². The van der Waals surface area contributed by atoms with Crippen LogP contribution in [-0.4, -0.2) is 16.3 Å². The van der Waals surface area contributed by atoms with E-state index in [1.54, 1.807) is 18.2 Å². The number of halogens is 1. The second-order valence-corrected chi connectivity index (χ2v) is 5.56. The summed E-state index contributed by atoms with van der Waals surface area (Å²) in [7, 11) is 0. The number of fused-ring (bicyclic) bond motifs is 1. The average Bonchev–Trinajstić information content (AvgIpc) is 2.71. The van der Waals surface area contributed by atoms with E-state index >= 15 is 0 Å². The Morgan fingerprint density at radius 3 is 2.44 bits per heavy atom. The Labute approximate surface area is 105 Å². The third kappa shape index (κ3) is 2.26. The van der Waals surface area contributed by atoms with Crippen molar-refractivity contribution in [1.82, 2.24) is 0 Å². The normalized spacial score (nSPS) is 15.9. The molecule has 2 unspecified atom stereocenters. The number of aliphatic hydroxyl groups excluding tert-OH is 2. The first kappa shape index (κ1) is 13.1. The summed E-state index contributed by atoms with van der Waals surface area (Å²) in [6, 6.07) is 6.12. The van der Waals surface area contributed by atoms with E-state index < -0.39 is 23.4 Å². The van der Waals surface area contributed by atoms with Gasteiger partial charge in [0.15, 0.2) is 11.4 Å². The highest BCUT2D eigenvalue weighted by Crippen LogP contribution is 2.33. The maximum absolute atomic E-state index is 13.5. The van der Waals surface area contributed by atoms with Crippen molar-refractivity contribution in [3.05, 3.63) is 35.8 Å². The fourth-order valence-electron chi connectivity index (χ4n) is 1.82. The molecule has 18 heavy (non-hydrogen) atoms. The number of hydrogen-bond donors (Lipinski definition) is 2. The summed E-state index contributed by atoms with van der Waals surface area (Å²) in [6.45, 7) is 5.43. The first-order valence-electron chi connectivity index (χ1n) is 5.85. The van der Waals surface area contributed by atoms with Crippen molar-refractivity contribution >= 4 is 11.0 Å². The lowest BCUT2D eigenvalue weighted by atomic mass is 9.85. The monoisotopic (exact) mass is 252 g/mol. The SMILES string of the molecule is CC(C)(C)C(O)C(O)c1cc2cccc(F)c2o1. The molecule has 0 spiro atoms. The summed E-state index contributed by atoms with van der Waals surface area (Å²) in [5.41, 5.74) is -0.385. The summed E-state index contributed by atoms with van der Waals surface area (Å²) in [5.74, 6) is -0.297. The minimum atomic E-state index is -1.17. The largest absolute Gasteiger partial charge is 0.455 e. The molecule has 98 valence electrons. The van der Waals surface area contributed by atoms with Crippen molar-refractivity contribution in [2.75, 3.05) is 0 Å². The molecule has 0 aliphatic heterocycles. The van der Waals surface area contributed by atoms with Gasteiger partial charge < -0.3 is 14.6 Å². The lowest BCUT2D eigenvalue weighted by Gasteiger charge is -2.28. The van der Waals surface area contributed by atoms with Crippen LogP contribution < -0.4 is 0 Å². The third-order valence-corrected chi connectivity index (χ3v) is 2.99. The Bertz CT molecular complexity index is 554. The van der Waals surface area contributed by atoms with Gasteiger partial charge in [-0.05, 0) is 17.5 Å². The van der Waals surface area contributed by atoms with Crippen LogP contribution in [0.2, 0.25) is 0 Å². The molecule has 0 aliphatic rings. The predicted octanol–water partition coefficient (Wildman–Crippen LogP) is 3.01. The zero-order chi connectivity index (χ0) is 13.5. The first-order valence-corrected chi connectivity index (χ1v) is 5.85. The molecule has 4 heteroatoms. The Morgan fingerprint density at radius 1 is 1.22 bits per heavy atom. The standard InChI is InChI=1S/C14H17FO3/c1-14(2,3)13(17)11(16)10-7-8-5-4-6-9(15)12(8)18-10/h4-7,11,13,16-17H,1-3H3. The number of furan rings is 1. The summed E-state index contributed by atoms with van der Waals surface area (Å²) in [5, 5.41) is 20.6. The van der Waals surface area contributed by atoms with Crippen LogP contribution in [0.4, 0.5) is 4.39 Å². The van der Waals surface area contributed by atoms with Crippen LogP contribution in [0.15, 0.2) is 28.7 Å². The van der Waals surface area contributed by atoms with E-state index in [1.165, 1.54) is 6.07 Å². The van der Waals surface area contributed by atoms with Gasteiger partial charge in [0.25, 0.3) is 0 Å². The maximum Gasteiger partial charge on any atom is 0.170 e. The van der Waals surface area contributed by atoms with Crippen LogP contribution in [0.3, 0.4) is 0 Å². The van der Waals surface area contributed by atoms with Crippen LogP contribution in [-0.2, 0) is 0 Å². The van der Waals surface area contributed by atoms with Gasteiger partial charge in [-0.3, -0.25) is 0 Å². The lowest BCUT2D eigenvalue weighted by molar-refractivity contribution is -0.0542. The minimum Gasteiger partial charge on any atom is -0.455 e. The highest BCUT2D eigenvalue weighted by Gasteiger charge is 2.32. The van der Waals surface area contributed by atoms with E-state index in [-0.39, 0.29) is 11.3 Å². The van der Waals surface area contributed by atoms with Crippen molar-refractivity contribution in [3.63, 3.8) is 0 Å². The summed E-state index contributed by atoms with van der Waals surface area (Å²) in [6.07, 6.45) is -2.15. The first-order chi connectivity index (χ1) is 8.30. The van der Waals surface area contributed by atoms with E-state index in [2.05, 4.69) is 0 Å². The van der Waals surface area contributed by atoms with Gasteiger partial charge in [-0.25, -0.2) is 4.39 Å². The van der Waals surface area contributed by atoms with Crippen molar-refractivity contribution < 1.29 is 19.0 Å². The second kappa shape index (κ2) is 4.37. The van der Waals surface area contributed by atoms with E-state index in [0.717, 1.165) is 0 Å². The number of rotatable bonds is 2. The number of benzene rings is 1. The summed E-state index contributed by atoms with van der Waals surface area (Å²) < 4.78 is 18.8. The molecule has 0 saturated carbocycles. The van der Waals surface area contributed by atoms with E-state index in [0.29, 0.717) is 5.39 Å². The maximum atomic E-state index is 13.5. The van der Waals surface area contributed by atoms with Crippen LogP contribution in [0.1, 0.15) is 32.6 Å². The van der Waals surface area contributed by atoms with Crippen LogP contribution >= 0.6 is 0 Å². The minimum absolute atomic E-state index is 0.104. The molecule has 1 heterocycles. The average molecular weight is 252 g/mol. The van der Waals surface area contributed by atoms with Gasteiger partial charge in [-0.15, -0.1) is 0 Å². The molecule has 0 saturated heterocycles. The molecule has 2 atom stereocenters. The van der Waals surface area contributed by atoms with Crippen LogP contribution in [0.25, 0.3) is 11.0 Å². The molecule has 0 radical (unpaired) electrons. The molecule has 0 bridgehead atoms. The molecule has 0 amide bonds. The molecule has 1 aromatic carbocycles. The molecule has 0 aliphatic carbocycles. The highest BCUT2D eigenvalue weighted by atomic mass is 19.1. The second-order valence-electron chi connectivity index (χ2n) is 5.56. The number of aliphatic hydroxyl groups is 2. The fraction of sp³-hybridized carbons (Fsp3) is 0.429. The number of hydrogen-bond acceptors (Lipinski definition) is 3. The molecular formula is C14H17FO3. The molecule has 2 rings (SSSR count). The van der Waals surface area contributed by atoms with E-state index in [1.807, 2.05) is 20.8 Å². The topological polar surface area (TPSA) is 53.6 Å². The van der Waals surface area contributed by atoms with Gasteiger partial charge in [0.2, 0.25) is 0 Å². The van der Waals surface area contributed by atoms with E-state index in [4.69, 9.17) is 4.42 Å². The van der Waals surface area contributed by atoms with Gasteiger partial charge in [0, 0.05) is 5.39 Å². The molecular weight excluding hydrogens is 235 g/mol. The number of para-hydroxylation sites is 1. The quantitative estimate of drug-likeness (QED) is 0.863. The fourth-order valence-corrected chi connectivity index (χ4v) is 1.82. The van der Waals surface area contributed by atoms with Gasteiger partial charge >= 0.3 is 0 Å². The van der Waals surface area contributed by atoms with Gasteiger partial charge in [-0.1, -0.05) is 32.9 Å². The smallest absolute Gasteiger partial charge is 0.170 e. The van der Waals surface area contributed by atoms with Crippen molar-refractivity contribution in [1.29, 1.82) is 0 Å². The third-order valence-electron chi connectivity index (χ3n) is 2.99. The Kier molecular flexibility index (Phi) is 3.17. The Balaban J connectivity index is 2.40. The zero-order valence-electron chi connectivity index (χ0n) is 10.6. The Morgan fingerprint density at radius 2 is 1.89 bits per heavy atom. The zero-order valence-corrected chi connectivity index (χ0v) is 10.6. The summed E-state index contributed by atoms with van der Waals surface area (Å²) in [4.78, 5) is 0. The van der Waals surface area contributed by atoms with Gasteiger partial charge in [-0.2, -0.15) is 0 Å².